The van der Waals surface area contributed by atoms with Crippen LogP contribution in [0.5, 0.6) is 5.75 Å². The number of alkyl halides is 4. The minimum absolute atomic E-state index is 0.0798. The Hall–Kier alpha value is -3.01. The zero-order chi connectivity index (χ0) is 28.9. The van der Waals surface area contributed by atoms with Crippen molar-refractivity contribution in [2.75, 3.05) is 56.9 Å². The van der Waals surface area contributed by atoms with E-state index >= 15 is 0 Å². The van der Waals surface area contributed by atoms with E-state index in [-0.39, 0.29) is 34.6 Å². The molecule has 0 aliphatic carbocycles. The number of thiophene rings is 1. The second kappa shape index (κ2) is 13.1. The topological polar surface area (TPSA) is 70.7 Å². The molecule has 1 fully saturated rings. The number of hydrogen-bond donors (Lipinski definition) is 2. The molecule has 0 saturated carbocycles. The second-order valence-corrected chi connectivity index (χ2v) is 12.5. The summed E-state index contributed by atoms with van der Waals surface area (Å²) in [6.07, 6.45) is -2.98. The smallest absolute Gasteiger partial charge is 0.273 e. The highest BCUT2D eigenvalue weighted by molar-refractivity contribution is 7.90. The van der Waals surface area contributed by atoms with Crippen molar-refractivity contribution >= 4 is 42.6 Å². The van der Waals surface area contributed by atoms with E-state index in [1.165, 1.54) is 19.2 Å². The Bertz CT molecular complexity index is 1490. The van der Waals surface area contributed by atoms with E-state index in [0.29, 0.717) is 28.1 Å². The molecule has 1 aliphatic rings. The van der Waals surface area contributed by atoms with E-state index in [2.05, 4.69) is 27.4 Å². The Kier molecular flexibility index (Phi) is 9.81. The SMILES string of the molecule is COc1cc(S(C)(=O)=O)ccc1NCC#Cc1sc2c(NC3CCN(CCF)CC3)cccc2c1C(F)C(F)F. The summed E-state index contributed by atoms with van der Waals surface area (Å²) in [6, 6.07) is 9.70. The van der Waals surface area contributed by atoms with E-state index < -0.39 is 22.4 Å². The standard InChI is InChI=1S/C28H31F4N3O3S2/c1-38-23-17-19(40(2,36)37)8-9-21(23)33-13-4-7-24-25(26(30)28(31)32)20-5-3-6-22(27(20)39-24)34-18-10-14-35(15-11-18)16-12-29/h3,5-6,8-9,17-18,26,28,33-34H,10-16H2,1-2H3. The van der Waals surface area contributed by atoms with Crippen molar-refractivity contribution in [2.24, 2.45) is 0 Å². The zero-order valence-corrected chi connectivity index (χ0v) is 23.8. The molecule has 1 saturated heterocycles. The Labute approximate surface area is 235 Å². The van der Waals surface area contributed by atoms with Gasteiger partial charge in [0.1, 0.15) is 12.4 Å². The first-order valence-corrected chi connectivity index (χ1v) is 15.5. The molecular formula is C28H31F4N3O3S2. The van der Waals surface area contributed by atoms with Crippen molar-refractivity contribution < 1.29 is 30.7 Å². The van der Waals surface area contributed by atoms with Crippen LogP contribution in [0.25, 0.3) is 10.1 Å². The summed E-state index contributed by atoms with van der Waals surface area (Å²) in [5.41, 5.74) is 1.11. The van der Waals surface area contributed by atoms with Gasteiger partial charge in [-0.15, -0.1) is 11.3 Å². The molecule has 0 spiro atoms. The second-order valence-electron chi connectivity index (χ2n) is 9.50. The third kappa shape index (κ3) is 7.00. The summed E-state index contributed by atoms with van der Waals surface area (Å²) in [5.74, 6) is 6.03. The summed E-state index contributed by atoms with van der Waals surface area (Å²) in [6.45, 7) is 1.63. The maximum absolute atomic E-state index is 14.8. The predicted molar refractivity (Wildman–Crippen MR) is 152 cm³/mol. The molecule has 2 N–H and O–H groups in total. The lowest BCUT2D eigenvalue weighted by Gasteiger charge is -2.32. The van der Waals surface area contributed by atoms with Gasteiger partial charge in [-0.3, -0.25) is 0 Å². The Balaban J connectivity index is 1.57. The van der Waals surface area contributed by atoms with Crippen LogP contribution in [0, 0.1) is 11.8 Å². The number of sulfone groups is 1. The molecule has 1 unspecified atom stereocenters. The summed E-state index contributed by atoms with van der Waals surface area (Å²) in [7, 11) is -2.01. The first-order valence-electron chi connectivity index (χ1n) is 12.8. The Morgan fingerprint density at radius 2 is 1.90 bits per heavy atom. The van der Waals surface area contributed by atoms with Gasteiger partial charge in [0.25, 0.3) is 6.43 Å². The highest BCUT2D eigenvalue weighted by Crippen LogP contribution is 2.42. The first kappa shape index (κ1) is 30.0. The number of anilines is 2. The minimum Gasteiger partial charge on any atom is -0.495 e. The number of likely N-dealkylation sites (tertiary alicyclic amines) is 1. The lowest BCUT2D eigenvalue weighted by Crippen LogP contribution is -2.40. The summed E-state index contributed by atoms with van der Waals surface area (Å²) < 4.78 is 84.2. The van der Waals surface area contributed by atoms with Crippen LogP contribution in [-0.4, -0.2) is 72.0 Å². The molecular weight excluding hydrogens is 566 g/mol. The van der Waals surface area contributed by atoms with Gasteiger partial charge in [0.15, 0.2) is 16.0 Å². The van der Waals surface area contributed by atoms with Gasteiger partial charge < -0.3 is 20.3 Å². The molecule has 0 bridgehead atoms. The predicted octanol–water partition coefficient (Wildman–Crippen LogP) is 5.90. The van der Waals surface area contributed by atoms with Crippen LogP contribution in [-0.2, 0) is 9.84 Å². The van der Waals surface area contributed by atoms with Gasteiger partial charge in [-0.05, 0) is 31.0 Å². The highest BCUT2D eigenvalue weighted by atomic mass is 32.2. The van der Waals surface area contributed by atoms with Gasteiger partial charge in [0.2, 0.25) is 0 Å². The van der Waals surface area contributed by atoms with Crippen LogP contribution in [0.3, 0.4) is 0 Å². The third-order valence-corrected chi connectivity index (χ3v) is 9.05. The van der Waals surface area contributed by atoms with Crippen molar-refractivity contribution in [1.82, 2.24) is 4.90 Å². The van der Waals surface area contributed by atoms with Crippen molar-refractivity contribution in [3.05, 3.63) is 46.8 Å². The van der Waals surface area contributed by atoms with E-state index in [0.717, 1.165) is 49.2 Å². The van der Waals surface area contributed by atoms with Gasteiger partial charge in [-0.25, -0.2) is 26.0 Å². The highest BCUT2D eigenvalue weighted by Gasteiger charge is 2.29. The number of halogens is 4. The van der Waals surface area contributed by atoms with Crippen molar-refractivity contribution in [1.29, 1.82) is 0 Å². The number of methoxy groups -OCH3 is 1. The molecule has 1 aliphatic heterocycles. The molecule has 216 valence electrons. The van der Waals surface area contributed by atoms with Gasteiger partial charge in [-0.1, -0.05) is 24.0 Å². The van der Waals surface area contributed by atoms with Crippen molar-refractivity contribution in [3.8, 4) is 17.6 Å². The van der Waals surface area contributed by atoms with Gasteiger partial charge in [0, 0.05) is 48.9 Å². The Morgan fingerprint density at radius 1 is 1.15 bits per heavy atom. The van der Waals surface area contributed by atoms with Gasteiger partial charge in [-0.2, -0.15) is 0 Å². The lowest BCUT2D eigenvalue weighted by molar-refractivity contribution is 0.0504. The number of benzene rings is 2. The molecule has 0 radical (unpaired) electrons. The van der Waals surface area contributed by atoms with Crippen molar-refractivity contribution in [2.45, 2.75) is 36.4 Å². The molecule has 12 heteroatoms. The average molecular weight is 598 g/mol. The van der Waals surface area contributed by atoms with Crippen LogP contribution in [0.2, 0.25) is 0 Å². The number of nitrogens with zero attached hydrogens (tertiary/aromatic N) is 1. The van der Waals surface area contributed by atoms with E-state index in [1.807, 2.05) is 6.07 Å². The fourth-order valence-corrected chi connectivity index (χ4v) is 6.52. The molecule has 1 aromatic heterocycles. The number of nitrogens with one attached hydrogen (secondary N) is 2. The van der Waals surface area contributed by atoms with Crippen molar-refractivity contribution in [3.63, 3.8) is 0 Å². The summed E-state index contributed by atoms with van der Waals surface area (Å²) in [4.78, 5) is 2.39. The van der Waals surface area contributed by atoms with Gasteiger partial charge in [0.05, 0.1) is 39.5 Å². The molecule has 4 rings (SSSR count). The minimum atomic E-state index is -3.42. The largest absolute Gasteiger partial charge is 0.495 e. The molecule has 0 amide bonds. The fourth-order valence-electron chi connectivity index (χ4n) is 4.70. The normalized spacial score (nSPS) is 15.6. The number of ether oxygens (including phenoxy) is 1. The van der Waals surface area contributed by atoms with Gasteiger partial charge >= 0.3 is 0 Å². The fraction of sp³-hybridized carbons (Fsp3) is 0.429. The quantitative estimate of drug-likeness (QED) is 0.224. The van der Waals surface area contributed by atoms with E-state index in [9.17, 15) is 26.0 Å². The summed E-state index contributed by atoms with van der Waals surface area (Å²) in [5, 5.41) is 6.90. The maximum Gasteiger partial charge on any atom is 0.273 e. The number of piperidine rings is 1. The third-order valence-electron chi connectivity index (χ3n) is 6.77. The zero-order valence-electron chi connectivity index (χ0n) is 22.1. The average Bonchev–Trinajstić information content (AvgIpc) is 3.30. The lowest BCUT2D eigenvalue weighted by atomic mass is 10.0. The molecule has 1 atom stereocenters. The number of fused-ring (bicyclic) bond motifs is 1. The van der Waals surface area contributed by atoms with E-state index in [1.54, 1.807) is 18.2 Å². The molecule has 2 aromatic carbocycles. The maximum atomic E-state index is 14.8. The number of rotatable bonds is 10. The molecule has 3 aromatic rings. The van der Waals surface area contributed by atoms with E-state index in [4.69, 9.17) is 4.74 Å². The van der Waals surface area contributed by atoms with Crippen LogP contribution in [0.1, 0.15) is 29.5 Å². The monoisotopic (exact) mass is 597 g/mol. The van der Waals surface area contributed by atoms with Crippen LogP contribution in [0.4, 0.5) is 28.9 Å². The molecule has 6 nitrogen and oxygen atoms in total. The molecule has 40 heavy (non-hydrogen) atoms. The number of hydrogen-bond acceptors (Lipinski definition) is 7. The molecule has 2 heterocycles. The Morgan fingerprint density at radius 3 is 2.55 bits per heavy atom. The van der Waals surface area contributed by atoms with Crippen LogP contribution < -0.4 is 15.4 Å². The van der Waals surface area contributed by atoms with Crippen LogP contribution in [0.15, 0.2) is 41.3 Å². The first-order chi connectivity index (χ1) is 19.1. The van der Waals surface area contributed by atoms with Crippen LogP contribution >= 0.6 is 11.3 Å². The summed E-state index contributed by atoms with van der Waals surface area (Å²) >= 11 is 1.16.